The van der Waals surface area contributed by atoms with Crippen molar-refractivity contribution in [2.45, 2.75) is 19.0 Å². The molecule has 0 saturated carbocycles. The van der Waals surface area contributed by atoms with Gasteiger partial charge in [-0.15, -0.1) is 0 Å². The lowest BCUT2D eigenvalue weighted by Crippen LogP contribution is -2.05. The molecule has 0 fully saturated rings. The van der Waals surface area contributed by atoms with Gasteiger partial charge in [-0.2, -0.15) is 18.3 Å². The number of hydrogen-bond donors (Lipinski definition) is 1. The third kappa shape index (κ3) is 6.68. The predicted octanol–water partition coefficient (Wildman–Crippen LogP) is 6.16. The van der Waals surface area contributed by atoms with Gasteiger partial charge in [0.2, 0.25) is 0 Å². The Labute approximate surface area is 167 Å². The maximum absolute atomic E-state index is 12.7. The SMILES string of the molecule is FC(F)(F)c1cccc(NN=Cc2ccc(OCCCc3ccccc3)cc2)c1. The van der Waals surface area contributed by atoms with Crippen molar-refractivity contribution in [2.24, 2.45) is 5.10 Å². The Morgan fingerprint density at radius 2 is 1.66 bits per heavy atom. The molecule has 0 unspecified atom stereocenters. The van der Waals surface area contributed by atoms with Crippen molar-refractivity contribution in [1.29, 1.82) is 0 Å². The van der Waals surface area contributed by atoms with Crippen LogP contribution in [0.4, 0.5) is 18.9 Å². The Morgan fingerprint density at radius 1 is 0.897 bits per heavy atom. The van der Waals surface area contributed by atoms with Crippen LogP contribution in [0.15, 0.2) is 84.0 Å². The third-order valence-corrected chi connectivity index (χ3v) is 4.20. The number of hydrogen-bond acceptors (Lipinski definition) is 3. The summed E-state index contributed by atoms with van der Waals surface area (Å²) in [5.74, 6) is 0.765. The molecule has 0 aliphatic rings. The maximum atomic E-state index is 12.7. The van der Waals surface area contributed by atoms with E-state index < -0.39 is 11.7 Å². The molecule has 0 radical (unpaired) electrons. The topological polar surface area (TPSA) is 33.6 Å². The number of ether oxygens (including phenoxy) is 1. The summed E-state index contributed by atoms with van der Waals surface area (Å²) in [5, 5.41) is 3.99. The number of nitrogens with one attached hydrogen (secondary N) is 1. The largest absolute Gasteiger partial charge is 0.494 e. The zero-order valence-corrected chi connectivity index (χ0v) is 15.7. The first kappa shape index (κ1) is 20.5. The Hall–Kier alpha value is -3.28. The highest BCUT2D eigenvalue weighted by Gasteiger charge is 2.30. The first-order chi connectivity index (χ1) is 14.0. The molecule has 0 saturated heterocycles. The van der Waals surface area contributed by atoms with Crippen molar-refractivity contribution in [3.63, 3.8) is 0 Å². The minimum atomic E-state index is -4.38. The Bertz CT molecular complexity index is 923. The monoisotopic (exact) mass is 398 g/mol. The molecule has 0 amide bonds. The molecule has 0 aromatic heterocycles. The fourth-order valence-electron chi connectivity index (χ4n) is 2.71. The third-order valence-electron chi connectivity index (χ3n) is 4.20. The zero-order chi connectivity index (χ0) is 20.5. The maximum Gasteiger partial charge on any atom is 0.416 e. The van der Waals surface area contributed by atoms with Gasteiger partial charge in [-0.05, 0) is 66.4 Å². The second-order valence-electron chi connectivity index (χ2n) is 6.46. The van der Waals surface area contributed by atoms with Crippen LogP contribution in [-0.4, -0.2) is 12.8 Å². The molecule has 1 N–H and O–H groups in total. The Morgan fingerprint density at radius 3 is 2.38 bits per heavy atom. The van der Waals surface area contributed by atoms with Gasteiger partial charge >= 0.3 is 6.18 Å². The first-order valence-corrected chi connectivity index (χ1v) is 9.24. The molecule has 6 heteroatoms. The van der Waals surface area contributed by atoms with Crippen LogP contribution in [0.5, 0.6) is 5.75 Å². The van der Waals surface area contributed by atoms with Gasteiger partial charge in [0.15, 0.2) is 0 Å². The predicted molar refractivity (Wildman–Crippen MR) is 109 cm³/mol. The van der Waals surface area contributed by atoms with E-state index in [9.17, 15) is 13.2 Å². The van der Waals surface area contributed by atoms with Crippen LogP contribution in [0.2, 0.25) is 0 Å². The van der Waals surface area contributed by atoms with E-state index in [1.165, 1.54) is 17.7 Å². The molecule has 29 heavy (non-hydrogen) atoms. The molecule has 0 heterocycles. The van der Waals surface area contributed by atoms with Crippen molar-refractivity contribution < 1.29 is 17.9 Å². The number of halogens is 3. The normalized spacial score (nSPS) is 11.6. The van der Waals surface area contributed by atoms with Gasteiger partial charge in [0.1, 0.15) is 5.75 Å². The lowest BCUT2D eigenvalue weighted by atomic mass is 10.1. The van der Waals surface area contributed by atoms with Gasteiger partial charge < -0.3 is 4.74 Å². The molecule has 0 atom stereocenters. The number of hydrazone groups is 1. The molecule has 3 aromatic rings. The lowest BCUT2D eigenvalue weighted by Gasteiger charge is -2.08. The van der Waals surface area contributed by atoms with Gasteiger partial charge in [-0.1, -0.05) is 36.4 Å². The molecule has 3 aromatic carbocycles. The van der Waals surface area contributed by atoms with E-state index in [4.69, 9.17) is 4.74 Å². The van der Waals surface area contributed by atoms with Gasteiger partial charge in [-0.3, -0.25) is 5.43 Å². The minimum absolute atomic E-state index is 0.273. The summed E-state index contributed by atoms with van der Waals surface area (Å²) >= 11 is 0. The Kier molecular flexibility index (Phi) is 6.89. The smallest absolute Gasteiger partial charge is 0.416 e. The molecule has 150 valence electrons. The van der Waals surface area contributed by atoms with Crippen LogP contribution in [0.3, 0.4) is 0 Å². The van der Waals surface area contributed by atoms with E-state index in [0.717, 1.165) is 36.3 Å². The first-order valence-electron chi connectivity index (χ1n) is 9.24. The number of rotatable bonds is 8. The van der Waals surface area contributed by atoms with E-state index in [0.29, 0.717) is 6.61 Å². The van der Waals surface area contributed by atoms with E-state index in [2.05, 4.69) is 22.7 Å². The van der Waals surface area contributed by atoms with Crippen LogP contribution in [0, 0.1) is 0 Å². The van der Waals surface area contributed by atoms with E-state index in [-0.39, 0.29) is 5.69 Å². The summed E-state index contributed by atoms with van der Waals surface area (Å²) in [7, 11) is 0. The van der Waals surface area contributed by atoms with Crippen LogP contribution < -0.4 is 10.2 Å². The minimum Gasteiger partial charge on any atom is -0.494 e. The average molecular weight is 398 g/mol. The van der Waals surface area contributed by atoms with Gasteiger partial charge in [0.05, 0.1) is 24.1 Å². The van der Waals surface area contributed by atoms with Crippen molar-refractivity contribution in [1.82, 2.24) is 0 Å². The van der Waals surface area contributed by atoms with Gasteiger partial charge in [0.25, 0.3) is 0 Å². The zero-order valence-electron chi connectivity index (χ0n) is 15.7. The van der Waals surface area contributed by atoms with Crippen LogP contribution in [0.1, 0.15) is 23.1 Å². The molecule has 3 rings (SSSR count). The van der Waals surface area contributed by atoms with Crippen molar-refractivity contribution in [2.75, 3.05) is 12.0 Å². The fourth-order valence-corrected chi connectivity index (χ4v) is 2.71. The highest BCUT2D eigenvalue weighted by molar-refractivity contribution is 5.80. The summed E-state index contributed by atoms with van der Waals surface area (Å²) in [6, 6.07) is 22.5. The highest BCUT2D eigenvalue weighted by atomic mass is 19.4. The van der Waals surface area contributed by atoms with E-state index in [1.807, 2.05) is 42.5 Å². The molecule has 0 spiro atoms. The second-order valence-corrected chi connectivity index (χ2v) is 6.46. The second kappa shape index (κ2) is 9.78. The molecular formula is C23H21F3N2O. The fraction of sp³-hybridized carbons (Fsp3) is 0.174. The number of benzene rings is 3. The molecular weight excluding hydrogens is 377 g/mol. The highest BCUT2D eigenvalue weighted by Crippen LogP contribution is 2.30. The van der Waals surface area contributed by atoms with Crippen LogP contribution in [0.25, 0.3) is 0 Å². The lowest BCUT2D eigenvalue weighted by molar-refractivity contribution is -0.137. The quantitative estimate of drug-likeness (QED) is 0.280. The average Bonchev–Trinajstić information content (AvgIpc) is 2.73. The number of anilines is 1. The van der Waals surface area contributed by atoms with Crippen molar-refractivity contribution >= 4 is 11.9 Å². The molecule has 0 bridgehead atoms. The summed E-state index contributed by atoms with van der Waals surface area (Å²) in [6.07, 6.45) is -0.946. The summed E-state index contributed by atoms with van der Waals surface area (Å²) in [6.45, 7) is 0.624. The Balaban J connectivity index is 1.45. The summed E-state index contributed by atoms with van der Waals surface area (Å²) in [5.41, 5.74) is 4.27. The summed E-state index contributed by atoms with van der Waals surface area (Å²) in [4.78, 5) is 0. The number of nitrogens with zero attached hydrogens (tertiary/aromatic N) is 1. The molecule has 3 nitrogen and oxygen atoms in total. The van der Waals surface area contributed by atoms with Crippen LogP contribution in [-0.2, 0) is 12.6 Å². The van der Waals surface area contributed by atoms with E-state index >= 15 is 0 Å². The van der Waals surface area contributed by atoms with Crippen LogP contribution >= 0.6 is 0 Å². The molecule has 0 aliphatic heterocycles. The van der Waals surface area contributed by atoms with Gasteiger partial charge in [-0.25, -0.2) is 0 Å². The van der Waals surface area contributed by atoms with Crippen molar-refractivity contribution in [3.8, 4) is 5.75 Å². The summed E-state index contributed by atoms with van der Waals surface area (Å²) < 4.78 is 43.9. The van der Waals surface area contributed by atoms with E-state index in [1.54, 1.807) is 6.21 Å². The number of alkyl halides is 3. The van der Waals surface area contributed by atoms with Crippen molar-refractivity contribution in [3.05, 3.63) is 95.6 Å². The molecule has 0 aliphatic carbocycles. The standard InChI is InChI=1S/C23H21F3N2O/c24-23(25,26)20-9-4-10-21(16-20)28-27-17-19-11-13-22(14-12-19)29-15-5-8-18-6-2-1-3-7-18/h1-4,6-7,9-14,16-17,28H,5,8,15H2. The van der Waals surface area contributed by atoms with Gasteiger partial charge in [0, 0.05) is 0 Å². The number of aryl methyl sites for hydroxylation is 1.